The maximum absolute atomic E-state index is 12.7. The van der Waals surface area contributed by atoms with Crippen LogP contribution in [0.15, 0.2) is 24.3 Å². The Morgan fingerprint density at radius 2 is 2.00 bits per heavy atom. The molecular formula is C18H21F3N2O. The van der Waals surface area contributed by atoms with Crippen molar-refractivity contribution in [2.45, 2.75) is 32.0 Å². The SMILES string of the molecule is CC#CC(=O)NCC1CCCN(C)C1c1ccc(C(F)(F)F)cc1. The molecule has 3 nitrogen and oxygen atoms in total. The highest BCUT2D eigenvalue weighted by Crippen LogP contribution is 2.36. The minimum Gasteiger partial charge on any atom is -0.345 e. The summed E-state index contributed by atoms with van der Waals surface area (Å²) in [4.78, 5) is 13.7. The molecule has 2 rings (SSSR count). The number of alkyl halides is 3. The first-order chi connectivity index (χ1) is 11.3. The van der Waals surface area contributed by atoms with E-state index in [1.165, 1.54) is 12.1 Å². The largest absolute Gasteiger partial charge is 0.416 e. The molecule has 1 aliphatic heterocycles. The number of hydrogen-bond donors (Lipinski definition) is 1. The number of amides is 1. The number of likely N-dealkylation sites (tertiary alicyclic amines) is 1. The number of benzene rings is 1. The number of carbonyl (C=O) groups excluding carboxylic acids is 1. The summed E-state index contributed by atoms with van der Waals surface area (Å²) < 4.78 is 38.2. The number of hydrogen-bond acceptors (Lipinski definition) is 2. The Hall–Kier alpha value is -2.00. The van der Waals surface area contributed by atoms with Gasteiger partial charge in [0.25, 0.3) is 5.91 Å². The first-order valence-electron chi connectivity index (χ1n) is 7.91. The smallest absolute Gasteiger partial charge is 0.345 e. The van der Waals surface area contributed by atoms with Gasteiger partial charge in [0.2, 0.25) is 0 Å². The van der Waals surface area contributed by atoms with Gasteiger partial charge in [0.1, 0.15) is 0 Å². The van der Waals surface area contributed by atoms with E-state index in [-0.39, 0.29) is 17.9 Å². The second-order valence-corrected chi connectivity index (χ2v) is 6.03. The average molecular weight is 338 g/mol. The lowest BCUT2D eigenvalue weighted by atomic mass is 9.84. The van der Waals surface area contributed by atoms with E-state index in [2.05, 4.69) is 22.1 Å². The zero-order valence-corrected chi connectivity index (χ0v) is 13.8. The van der Waals surface area contributed by atoms with Crippen LogP contribution in [0.5, 0.6) is 0 Å². The van der Waals surface area contributed by atoms with Gasteiger partial charge in [-0.3, -0.25) is 9.69 Å². The van der Waals surface area contributed by atoms with Gasteiger partial charge in [-0.1, -0.05) is 18.1 Å². The topological polar surface area (TPSA) is 32.3 Å². The number of piperidine rings is 1. The van der Waals surface area contributed by atoms with E-state index in [0.717, 1.165) is 37.1 Å². The molecule has 130 valence electrons. The van der Waals surface area contributed by atoms with E-state index in [1.807, 2.05) is 7.05 Å². The Balaban J connectivity index is 2.16. The molecule has 1 heterocycles. The third-order valence-corrected chi connectivity index (χ3v) is 4.35. The molecule has 0 bridgehead atoms. The first kappa shape index (κ1) is 18.3. The minimum atomic E-state index is -4.33. The van der Waals surface area contributed by atoms with Crippen LogP contribution >= 0.6 is 0 Å². The molecule has 0 spiro atoms. The van der Waals surface area contributed by atoms with Gasteiger partial charge in [0.15, 0.2) is 0 Å². The van der Waals surface area contributed by atoms with Crippen molar-refractivity contribution in [2.75, 3.05) is 20.1 Å². The number of nitrogens with one attached hydrogen (secondary N) is 1. The fraction of sp³-hybridized carbons (Fsp3) is 0.500. The molecule has 1 aromatic carbocycles. The highest BCUT2D eigenvalue weighted by molar-refractivity contribution is 5.93. The van der Waals surface area contributed by atoms with E-state index < -0.39 is 11.7 Å². The fourth-order valence-corrected chi connectivity index (χ4v) is 3.25. The summed E-state index contributed by atoms with van der Waals surface area (Å²) in [5.74, 6) is 4.80. The van der Waals surface area contributed by atoms with E-state index in [0.29, 0.717) is 6.54 Å². The molecule has 24 heavy (non-hydrogen) atoms. The van der Waals surface area contributed by atoms with Crippen LogP contribution in [0.1, 0.15) is 36.9 Å². The van der Waals surface area contributed by atoms with Gasteiger partial charge in [-0.15, -0.1) is 0 Å². The molecular weight excluding hydrogens is 317 g/mol. The summed E-state index contributed by atoms with van der Waals surface area (Å²) in [6, 6.07) is 5.30. The molecule has 1 fully saturated rings. The highest BCUT2D eigenvalue weighted by atomic mass is 19.4. The Bertz CT molecular complexity index is 628. The predicted molar refractivity (Wildman–Crippen MR) is 86.0 cm³/mol. The summed E-state index contributed by atoms with van der Waals surface area (Å²) >= 11 is 0. The lowest BCUT2D eigenvalue weighted by molar-refractivity contribution is -0.137. The van der Waals surface area contributed by atoms with Crippen molar-refractivity contribution in [3.8, 4) is 11.8 Å². The summed E-state index contributed by atoms with van der Waals surface area (Å²) in [5, 5.41) is 2.79. The second kappa shape index (κ2) is 7.71. The quantitative estimate of drug-likeness (QED) is 0.858. The zero-order chi connectivity index (χ0) is 17.7. The monoisotopic (exact) mass is 338 g/mol. The van der Waals surface area contributed by atoms with E-state index in [4.69, 9.17) is 0 Å². The van der Waals surface area contributed by atoms with Gasteiger partial charge in [-0.25, -0.2) is 0 Å². The molecule has 1 saturated heterocycles. The molecule has 6 heteroatoms. The number of halogens is 3. The van der Waals surface area contributed by atoms with Crippen LogP contribution in [0.2, 0.25) is 0 Å². The van der Waals surface area contributed by atoms with E-state index in [1.54, 1.807) is 6.92 Å². The third-order valence-electron chi connectivity index (χ3n) is 4.35. The molecule has 1 aromatic rings. The van der Waals surface area contributed by atoms with Crippen molar-refractivity contribution < 1.29 is 18.0 Å². The van der Waals surface area contributed by atoms with Crippen LogP contribution in [0.25, 0.3) is 0 Å². The molecule has 0 radical (unpaired) electrons. The summed E-state index contributed by atoms with van der Waals surface area (Å²) in [5.41, 5.74) is 0.193. The highest BCUT2D eigenvalue weighted by Gasteiger charge is 2.33. The number of rotatable bonds is 3. The van der Waals surface area contributed by atoms with E-state index in [9.17, 15) is 18.0 Å². The van der Waals surface area contributed by atoms with Crippen molar-refractivity contribution >= 4 is 5.91 Å². The van der Waals surface area contributed by atoms with Crippen LogP contribution in [-0.2, 0) is 11.0 Å². The molecule has 1 amide bonds. The fourth-order valence-electron chi connectivity index (χ4n) is 3.25. The lowest BCUT2D eigenvalue weighted by Crippen LogP contribution is -2.41. The molecule has 0 aliphatic carbocycles. The van der Waals surface area contributed by atoms with Gasteiger partial charge in [-0.05, 0) is 62.9 Å². The van der Waals surface area contributed by atoms with Crippen LogP contribution < -0.4 is 5.32 Å². The number of nitrogens with zero attached hydrogens (tertiary/aromatic N) is 1. The van der Waals surface area contributed by atoms with Crippen molar-refractivity contribution in [1.29, 1.82) is 0 Å². The molecule has 2 unspecified atom stereocenters. The Kier molecular flexibility index (Phi) is 5.89. The van der Waals surface area contributed by atoms with Crippen molar-refractivity contribution in [3.63, 3.8) is 0 Å². The van der Waals surface area contributed by atoms with Crippen LogP contribution in [-0.4, -0.2) is 30.9 Å². The molecule has 1 N–H and O–H groups in total. The Labute approximate surface area is 140 Å². The number of carbonyl (C=O) groups is 1. The molecule has 0 saturated carbocycles. The summed E-state index contributed by atoms with van der Waals surface area (Å²) in [6.07, 6.45) is -2.42. The van der Waals surface area contributed by atoms with E-state index >= 15 is 0 Å². The van der Waals surface area contributed by atoms with Gasteiger partial charge in [-0.2, -0.15) is 13.2 Å². The van der Waals surface area contributed by atoms with Crippen molar-refractivity contribution in [2.24, 2.45) is 5.92 Å². The zero-order valence-electron chi connectivity index (χ0n) is 13.8. The normalized spacial score (nSPS) is 21.7. The summed E-state index contributed by atoms with van der Waals surface area (Å²) in [7, 11) is 1.96. The van der Waals surface area contributed by atoms with Gasteiger partial charge < -0.3 is 5.32 Å². The minimum absolute atomic E-state index is 0.0177. The Morgan fingerprint density at radius 1 is 1.33 bits per heavy atom. The van der Waals surface area contributed by atoms with Gasteiger partial charge >= 0.3 is 6.18 Å². The standard InChI is InChI=1S/C18H21F3N2O/c1-3-5-16(24)22-12-14-6-4-11-23(2)17(14)13-7-9-15(10-8-13)18(19,20)21/h7-10,14,17H,4,6,11-12H2,1-2H3,(H,22,24). The van der Waals surface area contributed by atoms with Gasteiger partial charge in [0, 0.05) is 12.6 Å². The first-order valence-corrected chi connectivity index (χ1v) is 7.91. The Morgan fingerprint density at radius 3 is 2.58 bits per heavy atom. The maximum atomic E-state index is 12.7. The average Bonchev–Trinajstić information content (AvgIpc) is 2.52. The van der Waals surface area contributed by atoms with Gasteiger partial charge in [0.05, 0.1) is 5.56 Å². The van der Waals surface area contributed by atoms with Crippen molar-refractivity contribution in [3.05, 3.63) is 35.4 Å². The van der Waals surface area contributed by atoms with Crippen LogP contribution in [0.3, 0.4) is 0 Å². The lowest BCUT2D eigenvalue weighted by Gasteiger charge is -2.39. The van der Waals surface area contributed by atoms with Crippen LogP contribution in [0.4, 0.5) is 13.2 Å². The molecule has 0 aromatic heterocycles. The third kappa shape index (κ3) is 4.51. The molecule has 2 atom stereocenters. The maximum Gasteiger partial charge on any atom is 0.416 e. The van der Waals surface area contributed by atoms with Crippen LogP contribution in [0, 0.1) is 17.8 Å². The second-order valence-electron chi connectivity index (χ2n) is 6.03. The van der Waals surface area contributed by atoms with Crippen molar-refractivity contribution in [1.82, 2.24) is 10.2 Å². The summed E-state index contributed by atoms with van der Waals surface area (Å²) in [6.45, 7) is 2.94. The predicted octanol–water partition coefficient (Wildman–Crippen LogP) is 3.23. The molecule has 1 aliphatic rings.